The van der Waals surface area contributed by atoms with Gasteiger partial charge in [-0.3, -0.25) is 0 Å². The zero-order valence-electron chi connectivity index (χ0n) is 10.6. The van der Waals surface area contributed by atoms with E-state index in [0.717, 1.165) is 23.5 Å². The Balaban J connectivity index is 2.24. The lowest BCUT2D eigenvalue weighted by Gasteiger charge is -2.15. The normalized spacial score (nSPS) is 11.8. The molecule has 0 radical (unpaired) electrons. The number of nitrogens with one attached hydrogen (secondary N) is 1. The Hall–Kier alpha value is -1.61. The first-order valence-electron chi connectivity index (χ1n) is 5.76. The molecule has 10 heteroatoms. The van der Waals surface area contributed by atoms with Crippen molar-refractivity contribution in [2.75, 3.05) is 5.32 Å². The summed E-state index contributed by atoms with van der Waals surface area (Å²) in [5.41, 5.74) is -1.35. The molecule has 0 aliphatic carbocycles. The zero-order chi connectivity index (χ0) is 16.3. The Morgan fingerprint density at radius 3 is 2.59 bits per heavy atom. The molecule has 1 aromatic heterocycles. The second kappa shape index (κ2) is 6.66. The quantitative estimate of drug-likeness (QED) is 0.761. The molecule has 0 bridgehead atoms. The molecule has 0 spiro atoms. The van der Waals surface area contributed by atoms with Crippen LogP contribution in [0.2, 0.25) is 4.47 Å². The number of alkyl halides is 5. The highest BCUT2D eigenvalue weighted by Gasteiger charge is 2.33. The Morgan fingerprint density at radius 2 is 2.05 bits per heavy atom. The van der Waals surface area contributed by atoms with Crippen molar-refractivity contribution in [1.29, 1.82) is 0 Å². The maximum Gasteiger partial charge on any atom is 0.418 e. The highest BCUT2D eigenvalue weighted by molar-refractivity contribution is 7.15. The van der Waals surface area contributed by atoms with E-state index in [9.17, 15) is 22.0 Å². The van der Waals surface area contributed by atoms with E-state index in [1.54, 1.807) is 0 Å². The Morgan fingerprint density at radius 1 is 1.32 bits per heavy atom. The topological polar surface area (TPSA) is 34.1 Å². The summed E-state index contributed by atoms with van der Waals surface area (Å²) in [4.78, 5) is 4.35. The van der Waals surface area contributed by atoms with Gasteiger partial charge in [-0.2, -0.15) is 22.0 Å². The van der Waals surface area contributed by atoms with E-state index in [1.165, 1.54) is 6.20 Å². The average molecular weight is 359 g/mol. The van der Waals surface area contributed by atoms with E-state index in [1.807, 2.05) is 0 Å². The summed E-state index contributed by atoms with van der Waals surface area (Å²) in [6.07, 6.45) is -3.22. The van der Waals surface area contributed by atoms with Crippen molar-refractivity contribution < 1.29 is 26.7 Å². The molecule has 0 aliphatic rings. The summed E-state index contributed by atoms with van der Waals surface area (Å²) < 4.78 is 67.4. The van der Waals surface area contributed by atoms with Gasteiger partial charge in [-0.15, -0.1) is 11.3 Å². The van der Waals surface area contributed by atoms with Crippen LogP contribution in [0.25, 0.3) is 0 Å². The van der Waals surface area contributed by atoms with Crippen molar-refractivity contribution in [2.24, 2.45) is 0 Å². The molecule has 3 nitrogen and oxygen atoms in total. The molecule has 120 valence electrons. The maximum absolute atomic E-state index is 12.9. The molecule has 0 saturated carbocycles. The number of benzene rings is 1. The Kier molecular flexibility index (Phi) is 5.07. The fourth-order valence-corrected chi connectivity index (χ4v) is 2.56. The predicted molar refractivity (Wildman–Crippen MR) is 72.5 cm³/mol. The maximum atomic E-state index is 12.9. The Labute approximate surface area is 130 Å². The first kappa shape index (κ1) is 16.8. The van der Waals surface area contributed by atoms with Crippen molar-refractivity contribution in [3.8, 4) is 5.75 Å². The van der Waals surface area contributed by atoms with Crippen molar-refractivity contribution >= 4 is 28.6 Å². The smallest absolute Gasteiger partial charge is 0.418 e. The molecule has 0 fully saturated rings. The lowest BCUT2D eigenvalue weighted by molar-refractivity contribution is -0.137. The van der Waals surface area contributed by atoms with Gasteiger partial charge in [0.05, 0.1) is 17.8 Å². The molecule has 0 aliphatic heterocycles. The number of anilines is 1. The number of thiazole rings is 1. The molecule has 2 rings (SSSR count). The van der Waals surface area contributed by atoms with E-state index in [2.05, 4.69) is 15.0 Å². The molecule has 0 amide bonds. The van der Waals surface area contributed by atoms with E-state index in [4.69, 9.17) is 11.6 Å². The van der Waals surface area contributed by atoms with Crippen LogP contribution >= 0.6 is 22.9 Å². The third-order valence-electron chi connectivity index (χ3n) is 2.50. The number of nitrogens with zero attached hydrogens (tertiary/aromatic N) is 1. The fraction of sp³-hybridized carbons (Fsp3) is 0.250. The minimum atomic E-state index is -4.63. The SMILES string of the molecule is FC(F)Oc1ccc(C(F)(F)F)c(NCc2cnc(Cl)s2)c1. The average Bonchev–Trinajstić information content (AvgIpc) is 2.80. The number of hydrogen-bond donors (Lipinski definition) is 1. The molecule has 2 aromatic rings. The molecular weight excluding hydrogens is 351 g/mol. The summed E-state index contributed by atoms with van der Waals surface area (Å²) in [5, 5.41) is 2.53. The van der Waals surface area contributed by atoms with E-state index in [0.29, 0.717) is 10.9 Å². The van der Waals surface area contributed by atoms with Crippen LogP contribution in [0.15, 0.2) is 24.4 Å². The van der Waals surface area contributed by atoms with Crippen LogP contribution in [0, 0.1) is 0 Å². The largest absolute Gasteiger partial charge is 0.435 e. The fourth-order valence-electron chi connectivity index (χ4n) is 1.64. The van der Waals surface area contributed by atoms with Gasteiger partial charge in [0.15, 0.2) is 4.47 Å². The molecule has 0 atom stereocenters. The van der Waals surface area contributed by atoms with E-state index in [-0.39, 0.29) is 22.4 Å². The molecule has 0 saturated heterocycles. The van der Waals surface area contributed by atoms with Crippen LogP contribution in [0.5, 0.6) is 5.75 Å². The van der Waals surface area contributed by atoms with Gasteiger partial charge < -0.3 is 10.1 Å². The third-order valence-corrected chi connectivity index (χ3v) is 3.61. The summed E-state index contributed by atoms with van der Waals surface area (Å²) in [6, 6.07) is 2.39. The second-order valence-corrected chi connectivity index (χ2v) is 5.71. The summed E-state index contributed by atoms with van der Waals surface area (Å²) in [5.74, 6) is -0.368. The number of ether oxygens (including phenoxy) is 1. The first-order chi connectivity index (χ1) is 10.3. The molecule has 22 heavy (non-hydrogen) atoms. The number of aromatic nitrogens is 1. The third kappa shape index (κ3) is 4.44. The lowest BCUT2D eigenvalue weighted by Crippen LogP contribution is -2.11. The van der Waals surface area contributed by atoms with Crippen molar-refractivity contribution in [3.63, 3.8) is 0 Å². The number of rotatable bonds is 5. The molecule has 0 unspecified atom stereocenters. The van der Waals surface area contributed by atoms with Gasteiger partial charge in [-0.05, 0) is 12.1 Å². The second-order valence-electron chi connectivity index (χ2n) is 4.02. The van der Waals surface area contributed by atoms with Crippen molar-refractivity contribution in [2.45, 2.75) is 19.3 Å². The van der Waals surface area contributed by atoms with Gasteiger partial charge in [0.25, 0.3) is 0 Å². The predicted octanol–water partition coefficient (Wildman–Crippen LogP) is 5.03. The van der Waals surface area contributed by atoms with Gasteiger partial charge in [0.1, 0.15) is 5.75 Å². The lowest BCUT2D eigenvalue weighted by atomic mass is 10.1. The monoisotopic (exact) mass is 358 g/mol. The highest BCUT2D eigenvalue weighted by Crippen LogP contribution is 2.37. The van der Waals surface area contributed by atoms with Gasteiger partial charge in [-0.25, -0.2) is 4.98 Å². The summed E-state index contributed by atoms with van der Waals surface area (Å²) in [6.45, 7) is -3.10. The van der Waals surface area contributed by atoms with Crippen molar-refractivity contribution in [3.05, 3.63) is 39.3 Å². The van der Waals surface area contributed by atoms with Crippen LogP contribution < -0.4 is 10.1 Å². The number of halogens is 6. The first-order valence-corrected chi connectivity index (χ1v) is 6.95. The summed E-state index contributed by atoms with van der Waals surface area (Å²) >= 11 is 6.72. The van der Waals surface area contributed by atoms with Crippen LogP contribution in [0.4, 0.5) is 27.6 Å². The van der Waals surface area contributed by atoms with Crippen LogP contribution in [-0.4, -0.2) is 11.6 Å². The van der Waals surface area contributed by atoms with Gasteiger partial charge in [0, 0.05) is 17.1 Å². The van der Waals surface area contributed by atoms with Gasteiger partial charge in [0.2, 0.25) is 0 Å². The number of hydrogen-bond acceptors (Lipinski definition) is 4. The zero-order valence-corrected chi connectivity index (χ0v) is 12.2. The van der Waals surface area contributed by atoms with Crippen LogP contribution in [0.3, 0.4) is 0 Å². The van der Waals surface area contributed by atoms with Crippen molar-refractivity contribution in [1.82, 2.24) is 4.98 Å². The minimum absolute atomic E-state index is 0.0194. The standard InChI is InChI=1S/C12H8ClF5N2OS/c13-10-20-5-7(22-10)4-19-9-3-6(21-11(14)15)1-2-8(9)12(16,17)18/h1-3,5,11,19H,4H2. The minimum Gasteiger partial charge on any atom is -0.435 e. The molecule has 1 heterocycles. The van der Waals surface area contributed by atoms with Crippen LogP contribution in [0.1, 0.15) is 10.4 Å². The summed E-state index contributed by atoms with van der Waals surface area (Å²) in [7, 11) is 0. The Bertz CT molecular complexity index is 647. The molecular formula is C12H8ClF5N2OS. The van der Waals surface area contributed by atoms with E-state index < -0.39 is 18.4 Å². The van der Waals surface area contributed by atoms with Crippen LogP contribution in [-0.2, 0) is 12.7 Å². The van der Waals surface area contributed by atoms with Gasteiger partial charge >= 0.3 is 12.8 Å². The van der Waals surface area contributed by atoms with E-state index >= 15 is 0 Å². The molecule has 1 aromatic carbocycles. The van der Waals surface area contributed by atoms with Gasteiger partial charge in [-0.1, -0.05) is 11.6 Å². The molecule has 1 N–H and O–H groups in total. The highest BCUT2D eigenvalue weighted by atomic mass is 35.5.